The maximum Gasteiger partial charge on any atom is 0.252 e. The molecule has 1 aromatic heterocycles. The van der Waals surface area contributed by atoms with E-state index in [0.29, 0.717) is 17.2 Å². The Hall–Kier alpha value is -2.56. The van der Waals surface area contributed by atoms with Gasteiger partial charge < -0.3 is 16.2 Å². The molecule has 2 rings (SSSR count). The average Bonchev–Trinajstić information content (AvgIpc) is 2.32. The van der Waals surface area contributed by atoms with Gasteiger partial charge in [0.2, 0.25) is 0 Å². The number of nitrogen functional groups attached to an aromatic ring is 1. The van der Waals surface area contributed by atoms with Crippen LogP contribution < -0.4 is 16.2 Å². The van der Waals surface area contributed by atoms with Gasteiger partial charge in [-0.2, -0.15) is 0 Å². The minimum Gasteiger partial charge on any atom is -0.455 e. The molecule has 5 nitrogen and oxygen atoms in total. The van der Waals surface area contributed by atoms with Gasteiger partial charge in [0.05, 0.1) is 11.8 Å². The summed E-state index contributed by atoms with van der Waals surface area (Å²) in [6.45, 7) is 1.87. The molecule has 2 aromatic rings. The van der Waals surface area contributed by atoms with Crippen LogP contribution in [-0.2, 0) is 0 Å². The second-order valence-electron chi connectivity index (χ2n) is 3.86. The van der Waals surface area contributed by atoms with E-state index in [0.717, 1.165) is 5.69 Å². The quantitative estimate of drug-likeness (QED) is 0.805. The molecule has 0 atom stereocenters. The zero-order valence-corrected chi connectivity index (χ0v) is 9.88. The van der Waals surface area contributed by atoms with Crippen LogP contribution in [0.15, 0.2) is 36.5 Å². The van der Waals surface area contributed by atoms with Crippen molar-refractivity contribution < 1.29 is 9.53 Å². The third-order valence-electron chi connectivity index (χ3n) is 2.38. The van der Waals surface area contributed by atoms with E-state index < -0.39 is 5.91 Å². The predicted octanol–water partition coefficient (Wildman–Crippen LogP) is 1.86. The van der Waals surface area contributed by atoms with Gasteiger partial charge in [-0.25, -0.2) is 0 Å². The van der Waals surface area contributed by atoms with Gasteiger partial charge in [0, 0.05) is 17.4 Å². The molecular formula is C13H13N3O2. The fourth-order valence-electron chi connectivity index (χ4n) is 1.47. The highest BCUT2D eigenvalue weighted by Gasteiger charge is 2.10. The van der Waals surface area contributed by atoms with Crippen molar-refractivity contribution >= 4 is 11.6 Å². The molecule has 0 aliphatic heterocycles. The van der Waals surface area contributed by atoms with Crippen LogP contribution in [0.2, 0.25) is 0 Å². The first-order valence-corrected chi connectivity index (χ1v) is 5.36. The Morgan fingerprint density at radius 3 is 2.67 bits per heavy atom. The maximum atomic E-state index is 11.3. The highest BCUT2D eigenvalue weighted by atomic mass is 16.5. The zero-order valence-electron chi connectivity index (χ0n) is 9.88. The van der Waals surface area contributed by atoms with Gasteiger partial charge in [0.15, 0.2) is 0 Å². The van der Waals surface area contributed by atoms with Crippen molar-refractivity contribution in [3.05, 3.63) is 47.8 Å². The van der Waals surface area contributed by atoms with Crippen molar-refractivity contribution in [1.82, 2.24) is 4.98 Å². The topological polar surface area (TPSA) is 91.2 Å². The number of anilines is 1. The summed E-state index contributed by atoms with van der Waals surface area (Å²) in [7, 11) is 0. The Labute approximate surface area is 104 Å². The first-order valence-electron chi connectivity index (χ1n) is 5.36. The van der Waals surface area contributed by atoms with E-state index in [4.69, 9.17) is 16.2 Å². The van der Waals surface area contributed by atoms with E-state index in [1.807, 2.05) is 13.0 Å². The van der Waals surface area contributed by atoms with Gasteiger partial charge in [0.25, 0.3) is 5.91 Å². The highest BCUT2D eigenvalue weighted by molar-refractivity contribution is 5.96. The summed E-state index contributed by atoms with van der Waals surface area (Å²) in [6.07, 6.45) is 1.57. The van der Waals surface area contributed by atoms with E-state index in [9.17, 15) is 4.79 Å². The Morgan fingerprint density at radius 1 is 1.28 bits per heavy atom. The summed E-state index contributed by atoms with van der Waals surface area (Å²) in [4.78, 5) is 15.4. The summed E-state index contributed by atoms with van der Waals surface area (Å²) in [5.41, 5.74) is 12.6. The molecule has 0 aliphatic carbocycles. The Morgan fingerprint density at radius 2 is 2.06 bits per heavy atom. The van der Waals surface area contributed by atoms with Crippen LogP contribution in [0.5, 0.6) is 11.5 Å². The molecule has 5 heteroatoms. The third-order valence-corrected chi connectivity index (χ3v) is 2.38. The van der Waals surface area contributed by atoms with Crippen LogP contribution in [0, 0.1) is 6.92 Å². The number of pyridine rings is 1. The monoisotopic (exact) mass is 243 g/mol. The van der Waals surface area contributed by atoms with E-state index in [1.54, 1.807) is 24.4 Å². The normalized spacial score (nSPS) is 10.1. The first kappa shape index (κ1) is 11.9. The van der Waals surface area contributed by atoms with Crippen molar-refractivity contribution in [3.63, 3.8) is 0 Å². The molecule has 0 unspecified atom stereocenters. The minimum absolute atomic E-state index is 0.282. The lowest BCUT2D eigenvalue weighted by Crippen LogP contribution is -2.12. The number of primary amides is 1. The molecule has 0 saturated heterocycles. The number of nitrogens with zero attached hydrogens (tertiary/aromatic N) is 1. The number of benzene rings is 1. The lowest BCUT2D eigenvalue weighted by atomic mass is 10.1. The highest BCUT2D eigenvalue weighted by Crippen LogP contribution is 2.26. The zero-order chi connectivity index (χ0) is 13.1. The number of carbonyl (C=O) groups is 1. The molecule has 0 spiro atoms. The van der Waals surface area contributed by atoms with Gasteiger partial charge >= 0.3 is 0 Å². The van der Waals surface area contributed by atoms with Crippen molar-refractivity contribution in [3.8, 4) is 11.5 Å². The lowest BCUT2D eigenvalue weighted by Gasteiger charge is -2.09. The van der Waals surface area contributed by atoms with E-state index in [-0.39, 0.29) is 5.56 Å². The Bertz CT molecular complexity index is 579. The van der Waals surface area contributed by atoms with E-state index in [1.165, 1.54) is 6.07 Å². The van der Waals surface area contributed by atoms with Crippen LogP contribution in [0.3, 0.4) is 0 Å². The van der Waals surface area contributed by atoms with Crippen LogP contribution in [-0.4, -0.2) is 10.9 Å². The summed E-state index contributed by atoms with van der Waals surface area (Å²) in [5, 5.41) is 0. The molecule has 0 fully saturated rings. The smallest absolute Gasteiger partial charge is 0.252 e. The van der Waals surface area contributed by atoms with Gasteiger partial charge in [-0.3, -0.25) is 9.78 Å². The van der Waals surface area contributed by atoms with Gasteiger partial charge in [-0.05, 0) is 31.2 Å². The number of hydrogen-bond acceptors (Lipinski definition) is 4. The molecule has 1 amide bonds. The predicted molar refractivity (Wildman–Crippen MR) is 68.4 cm³/mol. The number of rotatable bonds is 3. The molecule has 0 aliphatic rings. The van der Waals surface area contributed by atoms with Gasteiger partial charge in [-0.15, -0.1) is 0 Å². The Balaban J connectivity index is 2.35. The fourth-order valence-corrected chi connectivity index (χ4v) is 1.47. The summed E-state index contributed by atoms with van der Waals surface area (Å²) < 4.78 is 5.56. The summed E-state index contributed by atoms with van der Waals surface area (Å²) in [5.74, 6) is 0.284. The number of aromatic nitrogens is 1. The molecule has 18 heavy (non-hydrogen) atoms. The van der Waals surface area contributed by atoms with Crippen molar-refractivity contribution in [2.24, 2.45) is 5.73 Å². The largest absolute Gasteiger partial charge is 0.455 e. The second kappa shape index (κ2) is 4.75. The SMILES string of the molecule is Cc1ccc(Oc2cc(N)ccc2C(N)=O)cn1. The fraction of sp³-hybridized carbons (Fsp3) is 0.0769. The molecule has 0 bridgehead atoms. The molecular weight excluding hydrogens is 230 g/mol. The maximum absolute atomic E-state index is 11.3. The molecule has 92 valence electrons. The Kier molecular flexibility index (Phi) is 3.14. The number of carbonyl (C=O) groups excluding carboxylic acids is 1. The van der Waals surface area contributed by atoms with Crippen molar-refractivity contribution in [1.29, 1.82) is 0 Å². The lowest BCUT2D eigenvalue weighted by molar-refractivity contribution is 0.0998. The van der Waals surface area contributed by atoms with Crippen molar-refractivity contribution in [2.75, 3.05) is 5.73 Å². The molecule has 0 saturated carbocycles. The molecule has 4 N–H and O–H groups in total. The van der Waals surface area contributed by atoms with Crippen molar-refractivity contribution in [2.45, 2.75) is 6.92 Å². The number of ether oxygens (including phenoxy) is 1. The minimum atomic E-state index is -0.565. The number of amides is 1. The van der Waals surface area contributed by atoms with Gasteiger partial charge in [-0.1, -0.05) is 0 Å². The summed E-state index contributed by atoms with van der Waals surface area (Å²) >= 11 is 0. The average molecular weight is 243 g/mol. The van der Waals surface area contributed by atoms with Crippen LogP contribution in [0.25, 0.3) is 0 Å². The van der Waals surface area contributed by atoms with Crippen LogP contribution in [0.4, 0.5) is 5.69 Å². The third kappa shape index (κ3) is 2.57. The number of aryl methyl sites for hydroxylation is 1. The molecule has 1 heterocycles. The molecule has 1 aromatic carbocycles. The standard InChI is InChI=1S/C13H13N3O2/c1-8-2-4-10(7-16-8)18-12-6-9(14)3-5-11(12)13(15)17/h2-7H,14H2,1H3,(H2,15,17). The van der Waals surface area contributed by atoms with E-state index >= 15 is 0 Å². The van der Waals surface area contributed by atoms with Gasteiger partial charge in [0.1, 0.15) is 11.5 Å². The second-order valence-corrected chi connectivity index (χ2v) is 3.86. The first-order chi connectivity index (χ1) is 8.56. The van der Waals surface area contributed by atoms with Crippen LogP contribution >= 0.6 is 0 Å². The number of hydrogen-bond donors (Lipinski definition) is 2. The summed E-state index contributed by atoms with van der Waals surface area (Å²) in [6, 6.07) is 8.26. The number of nitrogens with two attached hydrogens (primary N) is 2. The van der Waals surface area contributed by atoms with E-state index in [2.05, 4.69) is 4.98 Å². The molecule has 0 radical (unpaired) electrons. The van der Waals surface area contributed by atoms with Crippen LogP contribution in [0.1, 0.15) is 16.1 Å².